The number of ketones is 1. The van der Waals surface area contributed by atoms with Crippen LogP contribution in [-0.4, -0.2) is 15.3 Å². The van der Waals surface area contributed by atoms with Crippen molar-refractivity contribution < 1.29 is 9.18 Å². The van der Waals surface area contributed by atoms with Crippen molar-refractivity contribution in [1.29, 1.82) is 0 Å². The summed E-state index contributed by atoms with van der Waals surface area (Å²) in [5.41, 5.74) is 2.15. The molecule has 3 rings (SSSR count). The van der Waals surface area contributed by atoms with Crippen molar-refractivity contribution >= 4 is 32.7 Å². The Kier molecular flexibility index (Phi) is 3.59. The van der Waals surface area contributed by atoms with Gasteiger partial charge in [-0.15, -0.1) is 0 Å². The van der Waals surface area contributed by atoms with E-state index in [1.54, 1.807) is 0 Å². The summed E-state index contributed by atoms with van der Waals surface area (Å²) < 4.78 is 15.8. The van der Waals surface area contributed by atoms with E-state index in [4.69, 9.17) is 0 Å². The van der Waals surface area contributed by atoms with E-state index in [1.807, 2.05) is 35.9 Å². The number of nitrogens with zero attached hydrogens (tertiary/aromatic N) is 2. The summed E-state index contributed by atoms with van der Waals surface area (Å²) >= 11 is 3.28. The first-order valence-electron chi connectivity index (χ1n) is 6.45. The Labute approximate surface area is 129 Å². The molecule has 0 radical (unpaired) electrons. The fourth-order valence-corrected chi connectivity index (χ4v) is 2.77. The second kappa shape index (κ2) is 5.41. The van der Waals surface area contributed by atoms with Crippen molar-refractivity contribution in [3.63, 3.8) is 0 Å². The zero-order valence-electron chi connectivity index (χ0n) is 11.3. The fraction of sp³-hybridized carbons (Fsp3) is 0.125. The highest BCUT2D eigenvalue weighted by molar-refractivity contribution is 9.10. The van der Waals surface area contributed by atoms with Gasteiger partial charge in [-0.1, -0.05) is 28.1 Å². The number of para-hydroxylation sites is 2. The van der Waals surface area contributed by atoms with E-state index in [1.165, 1.54) is 18.2 Å². The van der Waals surface area contributed by atoms with E-state index in [-0.39, 0.29) is 12.2 Å². The maximum Gasteiger partial charge on any atom is 0.171 e. The first kappa shape index (κ1) is 13.9. The van der Waals surface area contributed by atoms with Crippen molar-refractivity contribution in [2.75, 3.05) is 0 Å². The van der Waals surface area contributed by atoms with Crippen LogP contribution in [0.5, 0.6) is 0 Å². The molecular weight excluding hydrogens is 335 g/mol. The number of fused-ring (bicyclic) bond motifs is 1. The number of imidazole rings is 1. The van der Waals surface area contributed by atoms with Crippen LogP contribution in [-0.2, 0) is 13.5 Å². The number of Topliss-reactive ketones (excluding diaryl/α,β-unsaturated/α-hetero) is 1. The largest absolute Gasteiger partial charge is 0.331 e. The molecule has 1 heterocycles. The molecule has 106 valence electrons. The molecule has 0 saturated heterocycles. The second-order valence-corrected chi connectivity index (χ2v) is 5.65. The van der Waals surface area contributed by atoms with Crippen LogP contribution in [0.25, 0.3) is 11.0 Å². The van der Waals surface area contributed by atoms with Gasteiger partial charge in [0.05, 0.1) is 17.5 Å². The van der Waals surface area contributed by atoms with E-state index in [2.05, 4.69) is 20.9 Å². The highest BCUT2D eigenvalue weighted by Gasteiger charge is 2.16. The molecule has 0 spiro atoms. The standard InChI is InChI=1S/C16H12BrFN2O/c1-20-14-5-3-2-4-13(14)19-16(20)9-15(21)11-8-10(18)6-7-12(11)17/h2-8H,9H2,1H3. The Morgan fingerprint density at radius 3 is 2.81 bits per heavy atom. The molecule has 3 aromatic rings. The second-order valence-electron chi connectivity index (χ2n) is 4.80. The van der Waals surface area contributed by atoms with Crippen LogP contribution in [0.15, 0.2) is 46.9 Å². The Hall–Kier alpha value is -2.01. The summed E-state index contributed by atoms with van der Waals surface area (Å²) in [5, 5.41) is 0. The zero-order valence-corrected chi connectivity index (χ0v) is 12.9. The summed E-state index contributed by atoms with van der Waals surface area (Å²) in [6.07, 6.45) is 0.132. The van der Waals surface area contributed by atoms with Gasteiger partial charge in [-0.2, -0.15) is 0 Å². The lowest BCUT2D eigenvalue weighted by atomic mass is 10.1. The Bertz CT molecular complexity index is 841. The van der Waals surface area contributed by atoms with Crippen molar-refractivity contribution in [2.24, 2.45) is 7.05 Å². The van der Waals surface area contributed by atoms with Crippen LogP contribution in [0.2, 0.25) is 0 Å². The Balaban J connectivity index is 1.96. The number of aryl methyl sites for hydroxylation is 1. The van der Waals surface area contributed by atoms with Gasteiger partial charge >= 0.3 is 0 Å². The third-order valence-corrected chi connectivity index (χ3v) is 4.12. The van der Waals surface area contributed by atoms with Gasteiger partial charge in [0, 0.05) is 17.1 Å². The van der Waals surface area contributed by atoms with Crippen molar-refractivity contribution in [3.8, 4) is 0 Å². The molecule has 0 fully saturated rings. The van der Waals surface area contributed by atoms with Crippen LogP contribution >= 0.6 is 15.9 Å². The number of rotatable bonds is 3. The number of hydrogen-bond donors (Lipinski definition) is 0. The lowest BCUT2D eigenvalue weighted by molar-refractivity contribution is 0.0989. The van der Waals surface area contributed by atoms with Crippen molar-refractivity contribution in [1.82, 2.24) is 9.55 Å². The quantitative estimate of drug-likeness (QED) is 0.674. The summed E-state index contributed by atoms with van der Waals surface area (Å²) in [7, 11) is 1.87. The predicted octanol–water partition coefficient (Wildman–Crippen LogP) is 3.90. The maximum atomic E-state index is 13.3. The van der Waals surface area contributed by atoms with Crippen LogP contribution < -0.4 is 0 Å². The maximum absolute atomic E-state index is 13.3. The molecule has 1 aromatic heterocycles. The highest BCUT2D eigenvalue weighted by atomic mass is 79.9. The molecule has 5 heteroatoms. The average Bonchev–Trinajstić information content (AvgIpc) is 2.78. The molecule has 0 saturated carbocycles. The van der Waals surface area contributed by atoms with E-state index in [0.29, 0.717) is 15.9 Å². The molecule has 0 atom stereocenters. The molecule has 0 bridgehead atoms. The van der Waals surface area contributed by atoms with Gasteiger partial charge in [-0.3, -0.25) is 4.79 Å². The minimum Gasteiger partial charge on any atom is -0.331 e. The van der Waals surface area contributed by atoms with Gasteiger partial charge in [0.2, 0.25) is 0 Å². The average molecular weight is 347 g/mol. The molecule has 0 aliphatic heterocycles. The van der Waals surface area contributed by atoms with Gasteiger partial charge in [-0.25, -0.2) is 9.37 Å². The minimum absolute atomic E-state index is 0.132. The fourth-order valence-electron chi connectivity index (χ4n) is 2.30. The smallest absolute Gasteiger partial charge is 0.171 e. The van der Waals surface area contributed by atoms with Crippen LogP contribution in [0, 0.1) is 5.82 Å². The number of aromatic nitrogens is 2. The summed E-state index contributed by atoms with van der Waals surface area (Å²) in [4.78, 5) is 16.8. The number of hydrogen-bond acceptors (Lipinski definition) is 2. The molecular formula is C16H12BrFN2O. The zero-order chi connectivity index (χ0) is 15.0. The van der Waals surface area contributed by atoms with Gasteiger partial charge in [0.1, 0.15) is 11.6 Å². The lowest BCUT2D eigenvalue weighted by Gasteiger charge is -2.05. The summed E-state index contributed by atoms with van der Waals surface area (Å²) in [5.74, 6) is 0.0729. The minimum atomic E-state index is -0.424. The first-order chi connectivity index (χ1) is 10.1. The Morgan fingerprint density at radius 1 is 1.29 bits per heavy atom. The third kappa shape index (κ3) is 2.61. The van der Waals surface area contributed by atoms with Crippen LogP contribution in [0.1, 0.15) is 16.2 Å². The lowest BCUT2D eigenvalue weighted by Crippen LogP contribution is -2.09. The predicted molar refractivity (Wildman–Crippen MR) is 82.8 cm³/mol. The first-order valence-corrected chi connectivity index (χ1v) is 7.24. The topological polar surface area (TPSA) is 34.9 Å². The van der Waals surface area contributed by atoms with Gasteiger partial charge < -0.3 is 4.57 Å². The third-order valence-electron chi connectivity index (χ3n) is 3.43. The molecule has 0 aliphatic carbocycles. The van der Waals surface area contributed by atoms with Crippen molar-refractivity contribution in [2.45, 2.75) is 6.42 Å². The monoisotopic (exact) mass is 346 g/mol. The van der Waals surface area contributed by atoms with Crippen molar-refractivity contribution in [3.05, 3.63) is 64.1 Å². The van der Waals surface area contributed by atoms with Crippen LogP contribution in [0.3, 0.4) is 0 Å². The van der Waals surface area contributed by atoms with E-state index in [9.17, 15) is 9.18 Å². The summed E-state index contributed by atoms with van der Waals surface area (Å²) in [6, 6.07) is 11.8. The molecule has 3 nitrogen and oxygen atoms in total. The van der Waals surface area contributed by atoms with E-state index < -0.39 is 5.82 Å². The molecule has 0 amide bonds. The van der Waals surface area contributed by atoms with Gasteiger partial charge in [0.25, 0.3) is 0 Å². The number of halogens is 2. The van der Waals surface area contributed by atoms with Crippen LogP contribution in [0.4, 0.5) is 4.39 Å². The number of benzene rings is 2. The molecule has 0 N–H and O–H groups in total. The normalized spacial score (nSPS) is 11.0. The SMILES string of the molecule is Cn1c(CC(=O)c2cc(F)ccc2Br)nc2ccccc21. The molecule has 0 unspecified atom stereocenters. The molecule has 21 heavy (non-hydrogen) atoms. The number of carbonyl (C=O) groups is 1. The Morgan fingerprint density at radius 2 is 2.05 bits per heavy atom. The molecule has 2 aromatic carbocycles. The van der Waals surface area contributed by atoms with Gasteiger partial charge in [0.15, 0.2) is 5.78 Å². The van der Waals surface area contributed by atoms with Gasteiger partial charge in [-0.05, 0) is 30.3 Å². The molecule has 0 aliphatic rings. The van der Waals surface area contributed by atoms with E-state index in [0.717, 1.165) is 11.0 Å². The number of carbonyl (C=O) groups excluding carboxylic acids is 1. The van der Waals surface area contributed by atoms with E-state index >= 15 is 0 Å². The summed E-state index contributed by atoms with van der Waals surface area (Å²) in [6.45, 7) is 0. The highest BCUT2D eigenvalue weighted by Crippen LogP contribution is 2.21.